The summed E-state index contributed by atoms with van der Waals surface area (Å²) < 4.78 is 6.22. The average molecular weight is 684 g/mol. The van der Waals surface area contributed by atoms with Crippen LogP contribution < -0.4 is 0 Å². The summed E-state index contributed by atoms with van der Waals surface area (Å²) in [6.07, 6.45) is 0. The van der Waals surface area contributed by atoms with E-state index in [4.69, 9.17) is 9.97 Å². The lowest BCUT2D eigenvalue weighted by Gasteiger charge is -2.15. The number of hydrogen-bond donors (Lipinski definition) is 0. The molecule has 0 unspecified atom stereocenters. The van der Waals surface area contributed by atoms with Crippen molar-refractivity contribution in [2.45, 2.75) is 0 Å². The molecule has 4 aromatic heterocycles. The summed E-state index contributed by atoms with van der Waals surface area (Å²) in [6, 6.07) is 54.9. The Bertz CT molecular complexity index is 3430. The van der Waals surface area contributed by atoms with Crippen molar-refractivity contribution >= 4 is 117 Å². The minimum atomic E-state index is 0.857. The molecule has 12 rings (SSSR count). The Kier molecular flexibility index (Phi) is 5.53. The molecule has 0 N–H and O–H groups in total. The van der Waals surface area contributed by atoms with Gasteiger partial charge in [-0.1, -0.05) is 140 Å². The van der Waals surface area contributed by atoms with Crippen LogP contribution in [0.2, 0.25) is 0 Å². The van der Waals surface area contributed by atoms with Crippen molar-refractivity contribution in [1.29, 1.82) is 0 Å². The third-order valence-corrected chi connectivity index (χ3v) is 12.9. The quantitative estimate of drug-likeness (QED) is 0.182. The zero-order chi connectivity index (χ0) is 33.2. The van der Waals surface area contributed by atoms with Crippen molar-refractivity contribution in [3.05, 3.63) is 152 Å². The first-order valence-electron chi connectivity index (χ1n) is 17.2. The molecule has 0 aliphatic heterocycles. The highest BCUT2D eigenvalue weighted by atomic mass is 32.1. The van der Waals surface area contributed by atoms with Crippen LogP contribution in [-0.4, -0.2) is 14.5 Å². The molecule has 0 saturated heterocycles. The van der Waals surface area contributed by atoms with Gasteiger partial charge in [-0.2, -0.15) is 0 Å². The molecule has 8 aromatic carbocycles. The molecule has 0 radical (unpaired) electrons. The zero-order valence-corrected chi connectivity index (χ0v) is 28.7. The molecule has 5 heteroatoms. The topological polar surface area (TPSA) is 30.7 Å². The van der Waals surface area contributed by atoms with Crippen molar-refractivity contribution in [1.82, 2.24) is 14.5 Å². The molecule has 0 aliphatic carbocycles. The molecular formula is C46H25N3S2. The maximum absolute atomic E-state index is 5.65. The lowest BCUT2D eigenvalue weighted by Crippen LogP contribution is -2.03. The maximum Gasteiger partial charge on any atom is 0.166 e. The Morgan fingerprint density at radius 1 is 0.431 bits per heavy atom. The first-order chi connectivity index (χ1) is 25.3. The first kappa shape index (κ1) is 27.7. The van der Waals surface area contributed by atoms with E-state index in [-0.39, 0.29) is 0 Å². The van der Waals surface area contributed by atoms with E-state index in [0.29, 0.717) is 0 Å². The number of benzene rings is 8. The third kappa shape index (κ3) is 3.71. The van der Waals surface area contributed by atoms with Crippen LogP contribution in [0.15, 0.2) is 152 Å². The normalized spacial score (nSPS) is 12.3. The molecule has 0 spiro atoms. The van der Waals surface area contributed by atoms with Crippen LogP contribution in [0.1, 0.15) is 0 Å². The molecule has 0 atom stereocenters. The van der Waals surface area contributed by atoms with Crippen LogP contribution in [-0.2, 0) is 0 Å². The number of fused-ring (bicyclic) bond motifs is 16. The fraction of sp³-hybridized carbons (Fsp3) is 0. The standard InChI is InChI=1S/C46H25N3S2/c1-3-15-28-26(12-1)14-11-21-32(28)40-45(48-46-41(47-40)34-20-8-10-23-37(34)50-46)49-36-22-9-7-19-33(36)38-30-17-5-6-18-31(30)39-35-25-24-27-13-2-4-16-29(27)43(35)51-44(39)42(38)49/h1-25H. The van der Waals surface area contributed by atoms with Gasteiger partial charge in [-0.05, 0) is 44.5 Å². The Morgan fingerprint density at radius 2 is 1.08 bits per heavy atom. The van der Waals surface area contributed by atoms with E-state index >= 15 is 0 Å². The van der Waals surface area contributed by atoms with Crippen molar-refractivity contribution < 1.29 is 0 Å². The fourth-order valence-electron chi connectivity index (χ4n) is 8.41. The summed E-state index contributed by atoms with van der Waals surface area (Å²) in [4.78, 5) is 12.2. The molecular weight excluding hydrogens is 659 g/mol. The molecule has 0 fully saturated rings. The van der Waals surface area contributed by atoms with Gasteiger partial charge in [0.05, 0.1) is 15.7 Å². The second-order valence-corrected chi connectivity index (χ2v) is 15.3. The lowest BCUT2D eigenvalue weighted by atomic mass is 9.98. The number of rotatable bonds is 2. The molecule has 3 nitrogen and oxygen atoms in total. The van der Waals surface area contributed by atoms with Gasteiger partial charge >= 0.3 is 0 Å². The summed E-state index contributed by atoms with van der Waals surface area (Å²) in [6.45, 7) is 0. The van der Waals surface area contributed by atoms with E-state index in [1.165, 1.54) is 73.5 Å². The van der Waals surface area contributed by atoms with Gasteiger partial charge < -0.3 is 0 Å². The Morgan fingerprint density at radius 3 is 1.92 bits per heavy atom. The van der Waals surface area contributed by atoms with Crippen LogP contribution >= 0.6 is 22.7 Å². The van der Waals surface area contributed by atoms with Gasteiger partial charge in [0.2, 0.25) is 0 Å². The summed E-state index contributed by atoms with van der Waals surface area (Å²) in [5.74, 6) is 0.857. The lowest BCUT2D eigenvalue weighted by molar-refractivity contribution is 1.09. The van der Waals surface area contributed by atoms with Crippen LogP contribution in [0, 0.1) is 0 Å². The van der Waals surface area contributed by atoms with Gasteiger partial charge in [0, 0.05) is 41.9 Å². The van der Waals surface area contributed by atoms with Crippen molar-refractivity contribution in [3.63, 3.8) is 0 Å². The van der Waals surface area contributed by atoms with Gasteiger partial charge in [-0.25, -0.2) is 9.97 Å². The highest BCUT2D eigenvalue weighted by molar-refractivity contribution is 7.28. The van der Waals surface area contributed by atoms with E-state index < -0.39 is 0 Å². The maximum atomic E-state index is 5.65. The van der Waals surface area contributed by atoms with E-state index in [1.54, 1.807) is 11.3 Å². The number of hydrogen-bond acceptors (Lipinski definition) is 4. The number of para-hydroxylation sites is 1. The molecule has 4 heterocycles. The second kappa shape index (κ2) is 10.2. The Balaban J connectivity index is 1.35. The smallest absolute Gasteiger partial charge is 0.166 e. The summed E-state index contributed by atoms with van der Waals surface area (Å²) >= 11 is 3.62. The van der Waals surface area contributed by atoms with Crippen LogP contribution in [0.5, 0.6) is 0 Å². The van der Waals surface area contributed by atoms with E-state index in [9.17, 15) is 0 Å². The molecule has 0 bridgehead atoms. The van der Waals surface area contributed by atoms with Crippen molar-refractivity contribution in [2.75, 3.05) is 0 Å². The van der Waals surface area contributed by atoms with Gasteiger partial charge in [0.25, 0.3) is 0 Å². The number of nitrogens with zero attached hydrogens (tertiary/aromatic N) is 3. The molecule has 51 heavy (non-hydrogen) atoms. The van der Waals surface area contributed by atoms with Gasteiger partial charge in [-0.15, -0.1) is 22.7 Å². The van der Waals surface area contributed by atoms with Gasteiger partial charge in [0.1, 0.15) is 16.0 Å². The zero-order valence-electron chi connectivity index (χ0n) is 27.1. The molecule has 12 aromatic rings. The third-order valence-electron chi connectivity index (χ3n) is 10.6. The summed E-state index contributed by atoms with van der Waals surface area (Å²) in [7, 11) is 0. The van der Waals surface area contributed by atoms with Crippen molar-refractivity contribution in [2.24, 2.45) is 0 Å². The van der Waals surface area contributed by atoms with E-state index in [0.717, 1.165) is 38.3 Å². The SMILES string of the molecule is c1ccc2c(-c3nc4c(nc3-n3c5ccccc5c5c6ccccc6c6c7ccc8ccccc8c7sc6c53)sc3ccccc34)cccc2c1. The minimum Gasteiger partial charge on any atom is -0.290 e. The van der Waals surface area contributed by atoms with Gasteiger partial charge in [0.15, 0.2) is 5.82 Å². The first-order valence-corrected chi connectivity index (χ1v) is 18.8. The predicted molar refractivity (Wildman–Crippen MR) is 220 cm³/mol. The number of aromatic nitrogens is 3. The Hall–Kier alpha value is -6.14. The molecule has 0 saturated carbocycles. The summed E-state index contributed by atoms with van der Waals surface area (Å²) in [5.41, 5.74) is 5.23. The summed E-state index contributed by atoms with van der Waals surface area (Å²) in [5, 5.41) is 13.7. The van der Waals surface area contributed by atoms with E-state index in [1.807, 2.05) is 11.3 Å². The highest BCUT2D eigenvalue weighted by Crippen LogP contribution is 2.50. The predicted octanol–water partition coefficient (Wildman–Crippen LogP) is 13.4. The van der Waals surface area contributed by atoms with Crippen LogP contribution in [0.25, 0.3) is 112 Å². The minimum absolute atomic E-state index is 0.857. The monoisotopic (exact) mass is 683 g/mol. The Labute approximate surface area is 299 Å². The van der Waals surface area contributed by atoms with Crippen LogP contribution in [0.4, 0.5) is 0 Å². The van der Waals surface area contributed by atoms with Crippen molar-refractivity contribution in [3.8, 4) is 17.1 Å². The molecule has 0 aliphatic rings. The highest BCUT2D eigenvalue weighted by Gasteiger charge is 2.26. The molecule has 236 valence electrons. The number of thiophene rings is 2. The largest absolute Gasteiger partial charge is 0.290 e. The van der Waals surface area contributed by atoms with E-state index in [2.05, 4.69) is 156 Å². The fourth-order valence-corrected chi connectivity index (χ4v) is 10.8. The molecule has 0 amide bonds. The second-order valence-electron chi connectivity index (χ2n) is 13.3. The average Bonchev–Trinajstić information content (AvgIpc) is 3.87. The van der Waals surface area contributed by atoms with Crippen LogP contribution in [0.3, 0.4) is 0 Å². The van der Waals surface area contributed by atoms with Gasteiger partial charge in [-0.3, -0.25) is 4.57 Å².